The molecule has 1 aliphatic rings. The average molecular weight is 262 g/mol. The van der Waals surface area contributed by atoms with Crippen LogP contribution in [0.1, 0.15) is 32.4 Å². The summed E-state index contributed by atoms with van der Waals surface area (Å²) in [4.78, 5) is 2.53. The van der Waals surface area contributed by atoms with Crippen LogP contribution in [0.5, 0.6) is 5.75 Å². The van der Waals surface area contributed by atoms with Crippen LogP contribution < -0.4 is 10.5 Å². The van der Waals surface area contributed by atoms with E-state index >= 15 is 0 Å². The summed E-state index contributed by atoms with van der Waals surface area (Å²) in [6, 6.07) is 8.76. The van der Waals surface area contributed by atoms with Crippen molar-refractivity contribution in [3.8, 4) is 5.75 Å². The van der Waals surface area contributed by atoms with Crippen LogP contribution in [0.3, 0.4) is 0 Å². The fourth-order valence-electron chi connectivity index (χ4n) is 3.05. The van der Waals surface area contributed by atoms with Gasteiger partial charge in [0.15, 0.2) is 0 Å². The number of likely N-dealkylation sites (tertiary alicyclic amines) is 1. The Balaban J connectivity index is 2.20. The van der Waals surface area contributed by atoms with Crippen molar-refractivity contribution in [2.75, 3.05) is 20.2 Å². The van der Waals surface area contributed by atoms with Gasteiger partial charge in [0.05, 0.1) is 7.11 Å². The zero-order valence-corrected chi connectivity index (χ0v) is 12.5. The minimum atomic E-state index is 0.130. The number of hydrogen-bond acceptors (Lipinski definition) is 3. The summed E-state index contributed by atoms with van der Waals surface area (Å²) in [5.41, 5.74) is 7.53. The summed E-state index contributed by atoms with van der Waals surface area (Å²) in [5, 5.41) is 0. The van der Waals surface area contributed by atoms with Gasteiger partial charge in [0.25, 0.3) is 0 Å². The maximum atomic E-state index is 6.24. The van der Waals surface area contributed by atoms with E-state index in [4.69, 9.17) is 10.5 Å². The van der Waals surface area contributed by atoms with Gasteiger partial charge in [0.2, 0.25) is 0 Å². The maximum absolute atomic E-state index is 6.24. The lowest BCUT2D eigenvalue weighted by atomic mass is 9.99. The van der Waals surface area contributed by atoms with E-state index in [0.29, 0.717) is 6.04 Å². The van der Waals surface area contributed by atoms with Crippen LogP contribution in [-0.2, 0) is 0 Å². The maximum Gasteiger partial charge on any atom is 0.118 e. The summed E-state index contributed by atoms with van der Waals surface area (Å²) in [6.45, 7) is 9.04. The van der Waals surface area contributed by atoms with Crippen molar-refractivity contribution < 1.29 is 4.74 Å². The Morgan fingerprint density at radius 2 is 1.68 bits per heavy atom. The SMILES string of the molecule is COc1ccc(C(C(C)N)N2CC(C)C(C)C2)cc1. The Bertz CT molecular complexity index is 392. The Morgan fingerprint density at radius 3 is 2.11 bits per heavy atom. The third-order valence-electron chi connectivity index (χ3n) is 4.37. The molecule has 1 aromatic rings. The molecule has 1 heterocycles. The first-order valence-electron chi connectivity index (χ1n) is 7.16. The quantitative estimate of drug-likeness (QED) is 0.906. The van der Waals surface area contributed by atoms with Gasteiger partial charge in [-0.15, -0.1) is 0 Å². The van der Waals surface area contributed by atoms with Gasteiger partial charge in [-0.25, -0.2) is 0 Å². The number of nitrogens with zero attached hydrogens (tertiary/aromatic N) is 1. The van der Waals surface area contributed by atoms with Gasteiger partial charge in [-0.3, -0.25) is 4.90 Å². The van der Waals surface area contributed by atoms with Crippen LogP contribution in [0.15, 0.2) is 24.3 Å². The summed E-state index contributed by atoms with van der Waals surface area (Å²) in [7, 11) is 1.70. The molecule has 1 aliphatic heterocycles. The standard InChI is InChI=1S/C16H26N2O/c1-11-9-18(10-12(11)2)16(13(3)17)14-5-7-15(19-4)8-6-14/h5-8,11-13,16H,9-10,17H2,1-4H3. The fraction of sp³-hybridized carbons (Fsp3) is 0.625. The van der Waals surface area contributed by atoms with Crippen LogP contribution in [0, 0.1) is 11.8 Å². The molecule has 0 amide bonds. The minimum absolute atomic E-state index is 0.130. The molecule has 2 rings (SSSR count). The predicted molar refractivity (Wildman–Crippen MR) is 79.3 cm³/mol. The van der Waals surface area contributed by atoms with Crippen molar-refractivity contribution in [1.82, 2.24) is 4.90 Å². The summed E-state index contributed by atoms with van der Waals surface area (Å²) in [6.07, 6.45) is 0. The van der Waals surface area contributed by atoms with E-state index in [9.17, 15) is 0 Å². The molecule has 19 heavy (non-hydrogen) atoms. The fourth-order valence-corrected chi connectivity index (χ4v) is 3.05. The number of ether oxygens (including phenoxy) is 1. The van der Waals surface area contributed by atoms with Crippen LogP contribution in [0.2, 0.25) is 0 Å². The lowest BCUT2D eigenvalue weighted by Gasteiger charge is -2.31. The molecule has 0 aromatic heterocycles. The molecule has 2 N–H and O–H groups in total. The van der Waals surface area contributed by atoms with Gasteiger partial charge in [-0.05, 0) is 36.5 Å². The van der Waals surface area contributed by atoms with Crippen molar-refractivity contribution in [1.29, 1.82) is 0 Å². The van der Waals surface area contributed by atoms with E-state index in [1.807, 2.05) is 12.1 Å². The molecule has 1 saturated heterocycles. The average Bonchev–Trinajstić information content (AvgIpc) is 2.70. The first-order chi connectivity index (χ1) is 9.02. The largest absolute Gasteiger partial charge is 0.497 e. The monoisotopic (exact) mass is 262 g/mol. The van der Waals surface area contributed by atoms with Crippen molar-refractivity contribution in [3.05, 3.63) is 29.8 Å². The van der Waals surface area contributed by atoms with E-state index < -0.39 is 0 Å². The summed E-state index contributed by atoms with van der Waals surface area (Å²) in [5.74, 6) is 2.40. The number of nitrogens with two attached hydrogens (primary N) is 1. The second-order valence-electron chi connectivity index (χ2n) is 5.99. The molecule has 0 radical (unpaired) electrons. The van der Waals surface area contributed by atoms with E-state index in [1.54, 1.807) is 7.11 Å². The summed E-state index contributed by atoms with van der Waals surface area (Å²) < 4.78 is 5.22. The van der Waals surface area contributed by atoms with E-state index in [1.165, 1.54) is 5.56 Å². The third-order valence-corrected chi connectivity index (χ3v) is 4.37. The van der Waals surface area contributed by atoms with Crippen molar-refractivity contribution in [2.45, 2.75) is 32.9 Å². The normalized spacial score (nSPS) is 27.2. The van der Waals surface area contributed by atoms with Crippen LogP contribution in [0.25, 0.3) is 0 Å². The molecule has 0 aliphatic carbocycles. The second-order valence-corrected chi connectivity index (χ2v) is 5.99. The van der Waals surface area contributed by atoms with Crippen LogP contribution in [0.4, 0.5) is 0 Å². The van der Waals surface area contributed by atoms with Crippen LogP contribution >= 0.6 is 0 Å². The Morgan fingerprint density at radius 1 is 1.16 bits per heavy atom. The lowest BCUT2D eigenvalue weighted by molar-refractivity contribution is 0.209. The smallest absolute Gasteiger partial charge is 0.118 e. The molecule has 1 aromatic carbocycles. The molecule has 4 unspecified atom stereocenters. The zero-order chi connectivity index (χ0) is 14.0. The Labute approximate surface area is 116 Å². The Hall–Kier alpha value is -1.06. The van der Waals surface area contributed by atoms with Gasteiger partial charge < -0.3 is 10.5 Å². The molecular formula is C16H26N2O. The highest BCUT2D eigenvalue weighted by Gasteiger charge is 2.33. The van der Waals surface area contributed by atoms with Gasteiger partial charge in [0, 0.05) is 25.2 Å². The molecule has 0 spiro atoms. The molecule has 3 heteroatoms. The molecule has 0 bridgehead atoms. The zero-order valence-electron chi connectivity index (χ0n) is 12.5. The molecular weight excluding hydrogens is 236 g/mol. The third kappa shape index (κ3) is 3.10. The van der Waals surface area contributed by atoms with Gasteiger partial charge in [0.1, 0.15) is 5.75 Å². The van der Waals surface area contributed by atoms with Gasteiger partial charge in [-0.1, -0.05) is 26.0 Å². The van der Waals surface area contributed by atoms with Gasteiger partial charge >= 0.3 is 0 Å². The van der Waals surface area contributed by atoms with E-state index in [2.05, 4.69) is 37.8 Å². The van der Waals surface area contributed by atoms with Crippen molar-refractivity contribution in [2.24, 2.45) is 17.6 Å². The first kappa shape index (κ1) is 14.4. The summed E-state index contributed by atoms with van der Waals surface area (Å²) >= 11 is 0. The molecule has 3 nitrogen and oxygen atoms in total. The minimum Gasteiger partial charge on any atom is -0.497 e. The lowest BCUT2D eigenvalue weighted by Crippen LogP contribution is -2.38. The predicted octanol–water partition coefficient (Wildman–Crippen LogP) is 2.67. The highest BCUT2D eigenvalue weighted by atomic mass is 16.5. The molecule has 1 fully saturated rings. The van der Waals surface area contributed by atoms with E-state index in [0.717, 1.165) is 30.7 Å². The highest BCUT2D eigenvalue weighted by molar-refractivity contribution is 5.30. The topological polar surface area (TPSA) is 38.5 Å². The Kier molecular flexibility index (Phi) is 4.48. The van der Waals surface area contributed by atoms with E-state index in [-0.39, 0.29) is 6.04 Å². The number of benzene rings is 1. The number of methoxy groups -OCH3 is 1. The number of rotatable bonds is 4. The highest BCUT2D eigenvalue weighted by Crippen LogP contribution is 2.32. The van der Waals surface area contributed by atoms with Crippen molar-refractivity contribution >= 4 is 0 Å². The first-order valence-corrected chi connectivity index (χ1v) is 7.16. The molecule has 0 saturated carbocycles. The number of hydrogen-bond donors (Lipinski definition) is 1. The van der Waals surface area contributed by atoms with Crippen molar-refractivity contribution in [3.63, 3.8) is 0 Å². The van der Waals surface area contributed by atoms with Gasteiger partial charge in [-0.2, -0.15) is 0 Å². The molecule has 4 atom stereocenters. The molecule has 106 valence electrons. The van der Waals surface area contributed by atoms with Crippen LogP contribution in [-0.4, -0.2) is 31.1 Å². The second kappa shape index (κ2) is 5.93.